The molecular weight excluding hydrogens is 150 g/mol. The Bertz CT molecular complexity index is 198. The number of carbonyl (C=O) groups excluding carboxylic acids is 1. The largest absolute Gasteiger partial charge is 0.298 e. The highest BCUT2D eigenvalue weighted by molar-refractivity contribution is 5.85. The van der Waals surface area contributed by atoms with Crippen LogP contribution in [0.1, 0.15) is 39.0 Å². The summed E-state index contributed by atoms with van der Waals surface area (Å²) in [5.74, 6) is -0.0429. The van der Waals surface area contributed by atoms with Crippen molar-refractivity contribution in [3.63, 3.8) is 0 Å². The summed E-state index contributed by atoms with van der Waals surface area (Å²) < 4.78 is 0. The van der Waals surface area contributed by atoms with E-state index in [2.05, 4.69) is 0 Å². The summed E-state index contributed by atoms with van der Waals surface area (Å²) in [4.78, 5) is 11.5. The van der Waals surface area contributed by atoms with Crippen molar-refractivity contribution < 1.29 is 4.79 Å². The first-order chi connectivity index (χ1) is 5.75. The Hall–Kier alpha value is -0.840. The van der Waals surface area contributed by atoms with E-state index in [0.29, 0.717) is 0 Å². The summed E-state index contributed by atoms with van der Waals surface area (Å²) in [7, 11) is 0. The van der Waals surface area contributed by atoms with Crippen LogP contribution in [0.15, 0.2) is 0 Å². The minimum Gasteiger partial charge on any atom is -0.298 e. The highest BCUT2D eigenvalue weighted by Crippen LogP contribution is 2.26. The van der Waals surface area contributed by atoms with Gasteiger partial charge in [0, 0.05) is 5.92 Å². The maximum absolute atomic E-state index is 11.5. The number of rotatable bonds is 2. The third-order valence-electron chi connectivity index (χ3n) is 2.63. The van der Waals surface area contributed by atoms with Crippen LogP contribution in [0.3, 0.4) is 0 Å². The van der Waals surface area contributed by atoms with Gasteiger partial charge in [-0.15, -0.1) is 0 Å². The number of carbonyl (C=O) groups is 1. The van der Waals surface area contributed by atoms with Crippen LogP contribution >= 0.6 is 0 Å². The van der Waals surface area contributed by atoms with Crippen molar-refractivity contribution in [2.75, 3.05) is 0 Å². The molecule has 0 radical (unpaired) electrons. The Kier molecular flexibility index (Phi) is 3.28. The summed E-state index contributed by atoms with van der Waals surface area (Å²) >= 11 is 0. The number of nitrogens with zero attached hydrogens (tertiary/aromatic N) is 1. The Morgan fingerprint density at radius 3 is 2.50 bits per heavy atom. The second-order valence-corrected chi connectivity index (χ2v) is 3.59. The summed E-state index contributed by atoms with van der Waals surface area (Å²) in [5.41, 5.74) is 0. The number of Topliss-reactive ketones (excluding diaryl/α,β-unsaturated/α-hetero) is 1. The molecule has 1 unspecified atom stereocenters. The summed E-state index contributed by atoms with van der Waals surface area (Å²) in [6, 6.07) is 2.01. The molecule has 0 N–H and O–H groups in total. The monoisotopic (exact) mass is 165 g/mol. The molecular formula is C10H15NO. The van der Waals surface area contributed by atoms with Gasteiger partial charge in [0.15, 0.2) is 5.78 Å². The number of nitriles is 1. The molecule has 0 heterocycles. The predicted molar refractivity (Wildman–Crippen MR) is 46.4 cm³/mol. The van der Waals surface area contributed by atoms with Gasteiger partial charge in [0.05, 0.1) is 6.07 Å². The van der Waals surface area contributed by atoms with Crippen LogP contribution in [0.2, 0.25) is 0 Å². The van der Waals surface area contributed by atoms with Gasteiger partial charge in [-0.05, 0) is 19.8 Å². The molecule has 0 spiro atoms. The third kappa shape index (κ3) is 2.07. The van der Waals surface area contributed by atoms with E-state index in [1.165, 1.54) is 6.42 Å². The van der Waals surface area contributed by atoms with Crippen molar-refractivity contribution in [2.24, 2.45) is 11.8 Å². The van der Waals surface area contributed by atoms with Crippen molar-refractivity contribution in [1.82, 2.24) is 0 Å². The molecule has 1 aliphatic carbocycles. The lowest BCUT2D eigenvalue weighted by atomic mass is 9.82. The van der Waals surface area contributed by atoms with Gasteiger partial charge in [0.2, 0.25) is 0 Å². The topological polar surface area (TPSA) is 40.9 Å². The van der Waals surface area contributed by atoms with Gasteiger partial charge < -0.3 is 0 Å². The van der Waals surface area contributed by atoms with Crippen molar-refractivity contribution in [3.05, 3.63) is 0 Å². The lowest BCUT2D eigenvalue weighted by molar-refractivity contribution is -0.125. The van der Waals surface area contributed by atoms with Crippen molar-refractivity contribution in [1.29, 1.82) is 5.26 Å². The fourth-order valence-corrected chi connectivity index (χ4v) is 1.80. The van der Waals surface area contributed by atoms with Crippen molar-refractivity contribution in [2.45, 2.75) is 39.0 Å². The molecule has 2 nitrogen and oxygen atoms in total. The fourth-order valence-electron chi connectivity index (χ4n) is 1.80. The first-order valence-corrected chi connectivity index (χ1v) is 4.69. The number of hydrogen-bond acceptors (Lipinski definition) is 2. The first-order valence-electron chi connectivity index (χ1n) is 4.69. The number of ketones is 1. The maximum atomic E-state index is 11.5. The van der Waals surface area contributed by atoms with E-state index >= 15 is 0 Å². The molecule has 0 amide bonds. The molecule has 1 atom stereocenters. The predicted octanol–water partition coefficient (Wildman–Crippen LogP) is 2.30. The molecule has 0 saturated heterocycles. The highest BCUT2D eigenvalue weighted by atomic mass is 16.1. The molecule has 0 bridgehead atoms. The van der Waals surface area contributed by atoms with Crippen LogP contribution in [0.25, 0.3) is 0 Å². The van der Waals surface area contributed by atoms with E-state index < -0.39 is 5.92 Å². The average molecular weight is 165 g/mol. The second-order valence-electron chi connectivity index (χ2n) is 3.59. The summed E-state index contributed by atoms with van der Waals surface area (Å²) in [5, 5.41) is 8.57. The van der Waals surface area contributed by atoms with Crippen LogP contribution < -0.4 is 0 Å². The Morgan fingerprint density at radius 1 is 1.42 bits per heavy atom. The zero-order chi connectivity index (χ0) is 8.97. The van der Waals surface area contributed by atoms with E-state index in [1.54, 1.807) is 6.92 Å². The van der Waals surface area contributed by atoms with E-state index in [0.717, 1.165) is 25.7 Å². The van der Waals surface area contributed by atoms with Crippen LogP contribution in [-0.2, 0) is 4.79 Å². The molecule has 1 fully saturated rings. The van der Waals surface area contributed by atoms with Gasteiger partial charge in [-0.25, -0.2) is 0 Å². The quantitative estimate of drug-likeness (QED) is 0.630. The lowest BCUT2D eigenvalue weighted by Gasteiger charge is -2.20. The highest BCUT2D eigenvalue weighted by Gasteiger charge is 2.24. The minimum atomic E-state index is -0.395. The van der Waals surface area contributed by atoms with Crippen molar-refractivity contribution >= 4 is 5.78 Å². The second kappa shape index (κ2) is 4.25. The molecule has 66 valence electrons. The number of hydrogen-bond donors (Lipinski definition) is 0. The minimum absolute atomic E-state index is 0.164. The molecule has 0 aromatic heterocycles. The van der Waals surface area contributed by atoms with Gasteiger partial charge in [0.1, 0.15) is 5.92 Å². The Balaban J connectivity index is 2.46. The molecule has 1 saturated carbocycles. The van der Waals surface area contributed by atoms with E-state index in [4.69, 9.17) is 5.26 Å². The van der Waals surface area contributed by atoms with Gasteiger partial charge in [-0.1, -0.05) is 19.3 Å². The third-order valence-corrected chi connectivity index (χ3v) is 2.63. The zero-order valence-corrected chi connectivity index (χ0v) is 7.55. The van der Waals surface area contributed by atoms with Crippen LogP contribution in [0.5, 0.6) is 0 Å². The van der Waals surface area contributed by atoms with E-state index in [-0.39, 0.29) is 11.7 Å². The van der Waals surface area contributed by atoms with Gasteiger partial charge >= 0.3 is 0 Å². The lowest BCUT2D eigenvalue weighted by Crippen LogP contribution is -2.22. The fraction of sp³-hybridized carbons (Fsp3) is 0.800. The molecule has 2 heteroatoms. The maximum Gasteiger partial charge on any atom is 0.152 e. The Labute approximate surface area is 73.6 Å². The normalized spacial score (nSPS) is 21.3. The average Bonchev–Trinajstić information content (AvgIpc) is 2.17. The molecule has 1 aliphatic rings. The zero-order valence-electron chi connectivity index (χ0n) is 7.55. The SMILES string of the molecule is CC(C#N)C(=O)C1CCCCC1. The Morgan fingerprint density at radius 2 is 2.00 bits per heavy atom. The summed E-state index contributed by atoms with van der Waals surface area (Å²) in [6.07, 6.45) is 5.59. The molecule has 0 aliphatic heterocycles. The van der Waals surface area contributed by atoms with E-state index in [9.17, 15) is 4.79 Å². The van der Waals surface area contributed by atoms with E-state index in [1.807, 2.05) is 6.07 Å². The molecule has 12 heavy (non-hydrogen) atoms. The first kappa shape index (κ1) is 9.25. The summed E-state index contributed by atoms with van der Waals surface area (Å²) in [6.45, 7) is 1.71. The van der Waals surface area contributed by atoms with Crippen molar-refractivity contribution in [3.8, 4) is 6.07 Å². The van der Waals surface area contributed by atoms with Crippen LogP contribution in [0, 0.1) is 23.2 Å². The standard InChI is InChI=1S/C10H15NO/c1-8(7-11)10(12)9-5-3-2-4-6-9/h8-9H,2-6H2,1H3. The van der Waals surface area contributed by atoms with Gasteiger partial charge in [-0.2, -0.15) is 5.26 Å². The van der Waals surface area contributed by atoms with Crippen LogP contribution in [0.4, 0.5) is 0 Å². The molecule has 0 aromatic carbocycles. The molecule has 0 aromatic rings. The van der Waals surface area contributed by atoms with Gasteiger partial charge in [-0.3, -0.25) is 4.79 Å². The molecule has 1 rings (SSSR count). The van der Waals surface area contributed by atoms with Gasteiger partial charge in [0.25, 0.3) is 0 Å². The smallest absolute Gasteiger partial charge is 0.152 e. The van der Waals surface area contributed by atoms with Crippen LogP contribution in [-0.4, -0.2) is 5.78 Å².